The number of aryl methyl sites for hydroxylation is 2. The maximum absolute atomic E-state index is 10.8. The van der Waals surface area contributed by atoms with E-state index in [1.54, 1.807) is 13.1 Å². The maximum Gasteiger partial charge on any atom is 0.354 e. The number of aromatic nitrogens is 2. The number of aromatic carboxylic acids is 1. The van der Waals surface area contributed by atoms with E-state index in [4.69, 9.17) is 5.11 Å². The first-order chi connectivity index (χ1) is 6.15. The zero-order chi connectivity index (χ0) is 9.84. The molecular formula is C9H12N2O2. The Morgan fingerprint density at radius 3 is 2.85 bits per heavy atom. The molecule has 0 radical (unpaired) electrons. The van der Waals surface area contributed by atoms with Crippen LogP contribution in [-0.2, 0) is 6.42 Å². The lowest BCUT2D eigenvalue weighted by Crippen LogP contribution is -2.08. The van der Waals surface area contributed by atoms with Gasteiger partial charge in [-0.05, 0) is 13.3 Å². The second-order valence-corrected chi connectivity index (χ2v) is 2.85. The van der Waals surface area contributed by atoms with E-state index in [1.165, 1.54) is 0 Å². The molecule has 1 rings (SSSR count). The molecule has 13 heavy (non-hydrogen) atoms. The van der Waals surface area contributed by atoms with Gasteiger partial charge in [0.15, 0.2) is 5.69 Å². The molecule has 0 aliphatic carbocycles. The Bertz CT molecular complexity index is 323. The average Bonchev–Trinajstić information content (AvgIpc) is 2.08. The Morgan fingerprint density at radius 1 is 1.62 bits per heavy atom. The zero-order valence-corrected chi connectivity index (χ0v) is 7.74. The molecule has 0 unspecified atom stereocenters. The van der Waals surface area contributed by atoms with E-state index in [0.29, 0.717) is 17.8 Å². The molecule has 0 amide bonds. The third-order valence-electron chi connectivity index (χ3n) is 1.71. The maximum atomic E-state index is 10.8. The second kappa shape index (κ2) is 3.98. The lowest BCUT2D eigenvalue weighted by Gasteiger charge is -2.03. The van der Waals surface area contributed by atoms with Gasteiger partial charge >= 0.3 is 5.97 Å². The first-order valence-corrected chi connectivity index (χ1v) is 4.21. The monoisotopic (exact) mass is 180 g/mol. The summed E-state index contributed by atoms with van der Waals surface area (Å²) < 4.78 is 0. The zero-order valence-electron chi connectivity index (χ0n) is 7.74. The molecule has 0 spiro atoms. The topological polar surface area (TPSA) is 63.1 Å². The fourth-order valence-electron chi connectivity index (χ4n) is 1.13. The number of hydrogen-bond donors (Lipinski definition) is 1. The quantitative estimate of drug-likeness (QED) is 0.764. The van der Waals surface area contributed by atoms with Crippen molar-refractivity contribution in [3.05, 3.63) is 23.3 Å². The fourth-order valence-corrected chi connectivity index (χ4v) is 1.13. The van der Waals surface area contributed by atoms with Gasteiger partial charge in [0, 0.05) is 11.8 Å². The highest BCUT2D eigenvalue weighted by molar-refractivity contribution is 5.86. The van der Waals surface area contributed by atoms with Crippen molar-refractivity contribution in [1.82, 2.24) is 9.97 Å². The van der Waals surface area contributed by atoms with Crippen LogP contribution in [0.3, 0.4) is 0 Å². The number of carboxylic acid groups (broad SMARTS) is 1. The number of hydrogen-bond acceptors (Lipinski definition) is 3. The normalized spacial score (nSPS) is 10.0. The van der Waals surface area contributed by atoms with Crippen LogP contribution in [0.2, 0.25) is 0 Å². The molecule has 4 nitrogen and oxygen atoms in total. The molecule has 0 bridgehead atoms. The Balaban J connectivity index is 3.10. The molecule has 1 aromatic rings. The van der Waals surface area contributed by atoms with E-state index in [1.807, 2.05) is 6.92 Å². The lowest BCUT2D eigenvalue weighted by molar-refractivity contribution is 0.0688. The van der Waals surface area contributed by atoms with Crippen molar-refractivity contribution in [3.8, 4) is 0 Å². The van der Waals surface area contributed by atoms with Crippen LogP contribution in [0, 0.1) is 6.92 Å². The van der Waals surface area contributed by atoms with Crippen molar-refractivity contribution < 1.29 is 9.90 Å². The summed E-state index contributed by atoms with van der Waals surface area (Å²) >= 11 is 0. The van der Waals surface area contributed by atoms with Crippen molar-refractivity contribution in [2.24, 2.45) is 0 Å². The number of nitrogens with zero attached hydrogens (tertiary/aromatic N) is 2. The number of carbonyl (C=O) groups is 1. The van der Waals surface area contributed by atoms with Crippen LogP contribution in [0.4, 0.5) is 0 Å². The Hall–Kier alpha value is -1.45. The minimum absolute atomic E-state index is 0.134. The predicted molar refractivity (Wildman–Crippen MR) is 47.7 cm³/mol. The Kier molecular flexibility index (Phi) is 2.95. The van der Waals surface area contributed by atoms with Crippen LogP contribution in [0.25, 0.3) is 0 Å². The van der Waals surface area contributed by atoms with Gasteiger partial charge in [-0.3, -0.25) is 0 Å². The minimum Gasteiger partial charge on any atom is -0.477 e. The summed E-state index contributed by atoms with van der Waals surface area (Å²) in [5.74, 6) is -0.480. The molecule has 0 aliphatic heterocycles. The molecular weight excluding hydrogens is 168 g/mol. The van der Waals surface area contributed by atoms with Crippen molar-refractivity contribution >= 4 is 5.97 Å². The van der Waals surface area contributed by atoms with Gasteiger partial charge in [-0.25, -0.2) is 14.8 Å². The van der Waals surface area contributed by atoms with Crippen molar-refractivity contribution in [2.45, 2.75) is 26.7 Å². The number of carboxylic acids is 1. The van der Waals surface area contributed by atoms with Crippen LogP contribution < -0.4 is 0 Å². The molecule has 0 saturated heterocycles. The van der Waals surface area contributed by atoms with Gasteiger partial charge in [-0.2, -0.15) is 0 Å². The summed E-state index contributed by atoms with van der Waals surface area (Å²) in [4.78, 5) is 18.6. The van der Waals surface area contributed by atoms with Gasteiger partial charge in [0.05, 0.1) is 0 Å². The molecule has 0 saturated carbocycles. The molecule has 0 aromatic carbocycles. The molecule has 1 N–H and O–H groups in total. The molecule has 1 aromatic heterocycles. The van der Waals surface area contributed by atoms with Gasteiger partial charge in [-0.15, -0.1) is 0 Å². The van der Waals surface area contributed by atoms with Crippen LogP contribution in [0.15, 0.2) is 6.20 Å². The van der Waals surface area contributed by atoms with Gasteiger partial charge < -0.3 is 5.11 Å². The summed E-state index contributed by atoms with van der Waals surface area (Å²) in [7, 11) is 0. The molecule has 0 aliphatic rings. The van der Waals surface area contributed by atoms with Crippen LogP contribution >= 0.6 is 0 Å². The van der Waals surface area contributed by atoms with Gasteiger partial charge in [0.1, 0.15) is 5.82 Å². The van der Waals surface area contributed by atoms with Gasteiger partial charge in [0.2, 0.25) is 0 Å². The van der Waals surface area contributed by atoms with Gasteiger partial charge in [-0.1, -0.05) is 13.3 Å². The van der Waals surface area contributed by atoms with Gasteiger partial charge in [0.25, 0.3) is 0 Å². The Morgan fingerprint density at radius 2 is 2.31 bits per heavy atom. The van der Waals surface area contributed by atoms with Crippen molar-refractivity contribution in [1.29, 1.82) is 0 Å². The highest BCUT2D eigenvalue weighted by atomic mass is 16.4. The fraction of sp³-hybridized carbons (Fsp3) is 0.444. The van der Waals surface area contributed by atoms with E-state index in [9.17, 15) is 4.79 Å². The summed E-state index contributed by atoms with van der Waals surface area (Å²) in [5.41, 5.74) is 0.843. The predicted octanol–water partition coefficient (Wildman–Crippen LogP) is 1.44. The van der Waals surface area contributed by atoms with Crippen molar-refractivity contribution in [3.63, 3.8) is 0 Å². The van der Waals surface area contributed by atoms with E-state index < -0.39 is 5.97 Å². The third kappa shape index (κ3) is 2.24. The van der Waals surface area contributed by atoms with Crippen LogP contribution in [-0.4, -0.2) is 21.0 Å². The summed E-state index contributed by atoms with van der Waals surface area (Å²) in [6, 6.07) is 0. The average molecular weight is 180 g/mol. The SMILES string of the molecule is CCCc1cnc(C)nc1C(=O)O. The summed E-state index contributed by atoms with van der Waals surface area (Å²) in [5, 5.41) is 8.83. The largest absolute Gasteiger partial charge is 0.477 e. The molecule has 0 fully saturated rings. The standard InChI is InChI=1S/C9H12N2O2/c1-3-4-7-5-10-6(2)11-8(7)9(12)13/h5H,3-4H2,1-2H3,(H,12,13). The Labute approximate surface area is 76.7 Å². The highest BCUT2D eigenvalue weighted by Crippen LogP contribution is 2.07. The van der Waals surface area contributed by atoms with Crippen molar-refractivity contribution in [2.75, 3.05) is 0 Å². The van der Waals surface area contributed by atoms with E-state index in [0.717, 1.165) is 6.42 Å². The van der Waals surface area contributed by atoms with E-state index in [-0.39, 0.29) is 5.69 Å². The highest BCUT2D eigenvalue weighted by Gasteiger charge is 2.11. The lowest BCUT2D eigenvalue weighted by atomic mass is 10.1. The third-order valence-corrected chi connectivity index (χ3v) is 1.71. The van der Waals surface area contributed by atoms with E-state index in [2.05, 4.69) is 9.97 Å². The molecule has 70 valence electrons. The summed E-state index contributed by atoms with van der Waals surface area (Å²) in [6.45, 7) is 3.67. The second-order valence-electron chi connectivity index (χ2n) is 2.85. The molecule has 1 heterocycles. The first-order valence-electron chi connectivity index (χ1n) is 4.21. The smallest absolute Gasteiger partial charge is 0.354 e. The first kappa shape index (κ1) is 9.64. The van der Waals surface area contributed by atoms with E-state index >= 15 is 0 Å². The molecule has 0 atom stereocenters. The summed E-state index contributed by atoms with van der Waals surface area (Å²) in [6.07, 6.45) is 3.20. The minimum atomic E-state index is -0.978. The number of rotatable bonds is 3. The van der Waals surface area contributed by atoms with Crippen LogP contribution in [0.1, 0.15) is 35.2 Å². The molecule has 4 heteroatoms. The van der Waals surface area contributed by atoms with Crippen LogP contribution in [0.5, 0.6) is 0 Å².